The van der Waals surface area contributed by atoms with E-state index < -0.39 is 0 Å². The largest absolute Gasteiger partial charge is 0.352 e. The molecule has 3 heterocycles. The Hall–Kier alpha value is -0.380. The van der Waals surface area contributed by atoms with E-state index in [-0.39, 0.29) is 12.6 Å². The molecule has 4 atom stereocenters. The minimum atomic E-state index is -0.0622. The lowest BCUT2D eigenvalue weighted by molar-refractivity contribution is -0.188. The molecule has 0 aromatic carbocycles. The summed E-state index contributed by atoms with van der Waals surface area (Å²) in [6, 6.07) is 0. The first-order valence-corrected chi connectivity index (χ1v) is 4.42. The maximum absolute atomic E-state index is 5.57. The highest BCUT2D eigenvalue weighted by atomic mass is 16.8. The molecule has 3 saturated heterocycles. The van der Waals surface area contributed by atoms with Gasteiger partial charge in [-0.05, 0) is 12.0 Å². The Morgan fingerprint density at radius 3 is 3.08 bits per heavy atom. The molecule has 0 unspecified atom stereocenters. The summed E-state index contributed by atoms with van der Waals surface area (Å²) in [4.78, 5) is 0. The Balaban J connectivity index is 1.90. The highest BCUT2D eigenvalue weighted by Gasteiger charge is 2.52. The molecule has 0 aliphatic carbocycles. The van der Waals surface area contributed by atoms with Crippen LogP contribution in [0.25, 0.3) is 0 Å². The summed E-state index contributed by atoms with van der Waals surface area (Å²) in [5, 5.41) is 0. The van der Waals surface area contributed by atoms with E-state index in [0.717, 1.165) is 13.0 Å². The van der Waals surface area contributed by atoms with Gasteiger partial charge in [-0.1, -0.05) is 6.58 Å². The van der Waals surface area contributed by atoms with Gasteiger partial charge < -0.3 is 14.2 Å². The van der Waals surface area contributed by atoms with Gasteiger partial charge in [-0.3, -0.25) is 0 Å². The van der Waals surface area contributed by atoms with Crippen molar-refractivity contribution >= 4 is 0 Å². The van der Waals surface area contributed by atoms with Gasteiger partial charge in [-0.25, -0.2) is 0 Å². The third kappa shape index (κ3) is 0.762. The van der Waals surface area contributed by atoms with Crippen LogP contribution >= 0.6 is 0 Å². The summed E-state index contributed by atoms with van der Waals surface area (Å²) in [5.41, 5.74) is 1.18. The summed E-state index contributed by atoms with van der Waals surface area (Å²) in [6.07, 6.45) is 1.01. The summed E-state index contributed by atoms with van der Waals surface area (Å²) < 4.78 is 16.4. The van der Waals surface area contributed by atoms with Gasteiger partial charge >= 0.3 is 0 Å². The molecule has 3 heteroatoms. The lowest BCUT2D eigenvalue weighted by atomic mass is 9.88. The predicted octanol–water partition coefficient (Wildman–Crippen LogP) is 0.908. The number of rotatable bonds is 0. The van der Waals surface area contributed by atoms with Gasteiger partial charge in [0.05, 0.1) is 13.2 Å². The molecule has 3 aliphatic rings. The molecule has 0 spiro atoms. The second-order valence-corrected chi connectivity index (χ2v) is 3.69. The van der Waals surface area contributed by atoms with Crippen LogP contribution in [-0.4, -0.2) is 25.8 Å². The van der Waals surface area contributed by atoms with Gasteiger partial charge in [0, 0.05) is 11.8 Å². The van der Waals surface area contributed by atoms with Crippen molar-refractivity contribution in [1.29, 1.82) is 0 Å². The minimum absolute atomic E-state index is 0.0166. The van der Waals surface area contributed by atoms with Crippen LogP contribution in [0.4, 0.5) is 0 Å². The zero-order valence-corrected chi connectivity index (χ0v) is 6.86. The molecular formula is C9H12O3. The van der Waals surface area contributed by atoms with Gasteiger partial charge in [0.1, 0.15) is 0 Å². The van der Waals surface area contributed by atoms with Crippen LogP contribution in [0.15, 0.2) is 12.2 Å². The highest BCUT2D eigenvalue weighted by molar-refractivity contribution is 5.12. The lowest BCUT2D eigenvalue weighted by Gasteiger charge is -2.11. The van der Waals surface area contributed by atoms with E-state index in [0.29, 0.717) is 18.4 Å². The number of fused-ring (bicyclic) bond motifs is 3. The monoisotopic (exact) mass is 168 g/mol. The number of hydrogen-bond acceptors (Lipinski definition) is 3. The van der Waals surface area contributed by atoms with Crippen LogP contribution < -0.4 is 0 Å². The van der Waals surface area contributed by atoms with Crippen molar-refractivity contribution in [2.75, 3.05) is 13.2 Å². The van der Waals surface area contributed by atoms with Gasteiger partial charge in [0.2, 0.25) is 0 Å². The van der Waals surface area contributed by atoms with E-state index in [2.05, 4.69) is 6.58 Å². The van der Waals surface area contributed by atoms with Crippen LogP contribution in [0.1, 0.15) is 6.42 Å². The Morgan fingerprint density at radius 1 is 1.25 bits per heavy atom. The quantitative estimate of drug-likeness (QED) is 0.503. The molecule has 0 radical (unpaired) electrons. The van der Waals surface area contributed by atoms with Crippen molar-refractivity contribution in [1.82, 2.24) is 0 Å². The van der Waals surface area contributed by atoms with Crippen LogP contribution in [0, 0.1) is 11.8 Å². The van der Waals surface area contributed by atoms with Crippen molar-refractivity contribution in [3.8, 4) is 0 Å². The number of hydrogen-bond donors (Lipinski definition) is 0. The molecule has 0 amide bonds. The van der Waals surface area contributed by atoms with Crippen molar-refractivity contribution in [2.24, 2.45) is 11.8 Å². The summed E-state index contributed by atoms with van der Waals surface area (Å²) >= 11 is 0. The number of ether oxygens (including phenoxy) is 3. The molecule has 0 saturated carbocycles. The molecule has 12 heavy (non-hydrogen) atoms. The maximum atomic E-state index is 5.57. The van der Waals surface area contributed by atoms with Crippen LogP contribution in [0.5, 0.6) is 0 Å². The van der Waals surface area contributed by atoms with Crippen molar-refractivity contribution < 1.29 is 14.2 Å². The third-order valence-electron chi connectivity index (χ3n) is 3.01. The first-order valence-electron chi connectivity index (χ1n) is 4.42. The topological polar surface area (TPSA) is 27.7 Å². The van der Waals surface area contributed by atoms with E-state index in [1.807, 2.05) is 0 Å². The zero-order chi connectivity index (χ0) is 8.13. The molecule has 3 nitrogen and oxygen atoms in total. The van der Waals surface area contributed by atoms with Crippen LogP contribution in [-0.2, 0) is 14.2 Å². The van der Waals surface area contributed by atoms with Crippen molar-refractivity contribution in [3.05, 3.63) is 12.2 Å². The van der Waals surface area contributed by atoms with Gasteiger partial charge in [0.25, 0.3) is 0 Å². The van der Waals surface area contributed by atoms with E-state index in [4.69, 9.17) is 14.2 Å². The first-order chi connectivity index (χ1) is 5.86. The maximum Gasteiger partial charge on any atom is 0.168 e. The van der Waals surface area contributed by atoms with Gasteiger partial charge in [-0.15, -0.1) is 0 Å². The molecule has 0 aromatic heterocycles. The highest BCUT2D eigenvalue weighted by Crippen LogP contribution is 2.46. The molecular weight excluding hydrogens is 156 g/mol. The second kappa shape index (κ2) is 2.31. The average molecular weight is 168 g/mol. The SMILES string of the molecule is C=C1CO[C@@H]2O[C@H]3OCC[C@H]3[C@H]12. The van der Waals surface area contributed by atoms with Crippen molar-refractivity contribution in [3.63, 3.8) is 0 Å². The van der Waals surface area contributed by atoms with Gasteiger partial charge in [0.15, 0.2) is 12.6 Å². The van der Waals surface area contributed by atoms with E-state index in [1.54, 1.807) is 0 Å². The standard InChI is InChI=1S/C9H12O3/c1-5-4-11-9-7(5)6-2-3-10-8(6)12-9/h6-9H,1-4H2/t6-,7-,8+,9+/m0/s1. The molecule has 3 aliphatic heterocycles. The molecule has 0 aromatic rings. The summed E-state index contributed by atoms with van der Waals surface area (Å²) in [5.74, 6) is 0.905. The fraction of sp³-hybridized carbons (Fsp3) is 0.778. The Bertz CT molecular complexity index is 226. The minimum Gasteiger partial charge on any atom is -0.352 e. The molecule has 0 bridgehead atoms. The van der Waals surface area contributed by atoms with Crippen molar-refractivity contribution in [2.45, 2.75) is 19.0 Å². The second-order valence-electron chi connectivity index (χ2n) is 3.69. The lowest BCUT2D eigenvalue weighted by Crippen LogP contribution is -2.16. The van der Waals surface area contributed by atoms with Gasteiger partial charge in [-0.2, -0.15) is 0 Å². The van der Waals surface area contributed by atoms with E-state index >= 15 is 0 Å². The summed E-state index contributed by atoms with van der Waals surface area (Å²) in [7, 11) is 0. The molecule has 3 rings (SSSR count). The normalized spacial score (nSPS) is 51.2. The van der Waals surface area contributed by atoms with Crippen LogP contribution in [0.2, 0.25) is 0 Å². The van der Waals surface area contributed by atoms with Crippen LogP contribution in [0.3, 0.4) is 0 Å². The smallest absolute Gasteiger partial charge is 0.168 e. The Labute approximate surface area is 71.3 Å². The fourth-order valence-electron chi connectivity index (χ4n) is 2.41. The third-order valence-corrected chi connectivity index (χ3v) is 3.01. The average Bonchev–Trinajstić information content (AvgIpc) is 2.61. The predicted molar refractivity (Wildman–Crippen MR) is 41.3 cm³/mol. The molecule has 0 N–H and O–H groups in total. The zero-order valence-electron chi connectivity index (χ0n) is 6.86. The molecule has 3 fully saturated rings. The Kier molecular flexibility index (Phi) is 1.36. The fourth-order valence-corrected chi connectivity index (χ4v) is 2.41. The Morgan fingerprint density at radius 2 is 2.17 bits per heavy atom. The van der Waals surface area contributed by atoms with E-state index in [1.165, 1.54) is 5.57 Å². The van der Waals surface area contributed by atoms with E-state index in [9.17, 15) is 0 Å². The molecule has 66 valence electrons. The first kappa shape index (κ1) is 7.06. The summed E-state index contributed by atoms with van der Waals surface area (Å²) in [6.45, 7) is 5.49.